The summed E-state index contributed by atoms with van der Waals surface area (Å²) in [7, 11) is -3.67. The van der Waals surface area contributed by atoms with Gasteiger partial charge in [0.25, 0.3) is 5.91 Å². The Hall–Kier alpha value is -2.87. The van der Waals surface area contributed by atoms with E-state index in [9.17, 15) is 18.0 Å². The molecule has 1 heterocycles. The van der Waals surface area contributed by atoms with Gasteiger partial charge < -0.3 is 10.2 Å². The molecule has 31 heavy (non-hydrogen) atoms. The zero-order valence-electron chi connectivity index (χ0n) is 18.0. The molecule has 166 valence electrons. The highest BCUT2D eigenvalue weighted by Gasteiger charge is 2.24. The topological polar surface area (TPSA) is 86.8 Å². The number of likely N-dealkylation sites (tertiary alicyclic amines) is 1. The van der Waals surface area contributed by atoms with Crippen LogP contribution in [0.25, 0.3) is 0 Å². The Kier molecular flexibility index (Phi) is 7.33. The van der Waals surface area contributed by atoms with Crippen LogP contribution in [0.5, 0.6) is 0 Å². The third-order valence-corrected chi connectivity index (χ3v) is 6.54. The fourth-order valence-corrected chi connectivity index (χ4v) is 4.52. The van der Waals surface area contributed by atoms with Crippen molar-refractivity contribution in [1.82, 2.24) is 4.90 Å². The van der Waals surface area contributed by atoms with E-state index >= 15 is 0 Å². The number of carbonyl (C=O) groups is 2. The third kappa shape index (κ3) is 5.85. The highest BCUT2D eigenvalue weighted by atomic mass is 32.2. The van der Waals surface area contributed by atoms with Crippen LogP contribution in [0.1, 0.15) is 42.1 Å². The highest BCUT2D eigenvalue weighted by Crippen LogP contribution is 2.22. The smallest absolute Gasteiger partial charge is 0.255 e. The predicted molar refractivity (Wildman–Crippen MR) is 123 cm³/mol. The van der Waals surface area contributed by atoms with Gasteiger partial charge in [-0.15, -0.1) is 0 Å². The van der Waals surface area contributed by atoms with Gasteiger partial charge >= 0.3 is 0 Å². The molecular formula is C23H29N3O4S. The molecule has 0 saturated carbocycles. The normalized spacial score (nSPS) is 14.2. The molecule has 3 rings (SSSR count). The summed E-state index contributed by atoms with van der Waals surface area (Å²) in [6, 6.07) is 13.9. The number of nitrogens with zero attached hydrogens (tertiary/aromatic N) is 2. The standard InChI is InChI=1S/C23H29N3O4S/c1-3-18-11-13-19(14-12-18)26(31(2,29)30)17-22(27)24-21-10-6-5-9-20(21)23(28)25-15-7-4-8-16-25/h5-6,9-14H,3-4,7-8,15-17H2,1-2H3,(H,24,27). The van der Waals surface area contributed by atoms with E-state index in [1.165, 1.54) is 0 Å². The van der Waals surface area contributed by atoms with E-state index in [2.05, 4.69) is 5.32 Å². The van der Waals surface area contributed by atoms with Gasteiger partial charge in [0.1, 0.15) is 6.54 Å². The van der Waals surface area contributed by atoms with Crippen molar-refractivity contribution in [2.45, 2.75) is 32.6 Å². The molecule has 1 fully saturated rings. The van der Waals surface area contributed by atoms with Crippen molar-refractivity contribution in [3.63, 3.8) is 0 Å². The molecule has 2 aromatic rings. The van der Waals surface area contributed by atoms with E-state index in [4.69, 9.17) is 0 Å². The van der Waals surface area contributed by atoms with Gasteiger partial charge in [-0.05, 0) is 55.5 Å². The maximum Gasteiger partial charge on any atom is 0.255 e. The third-order valence-electron chi connectivity index (χ3n) is 5.39. The van der Waals surface area contributed by atoms with Crippen LogP contribution in [-0.2, 0) is 21.2 Å². The van der Waals surface area contributed by atoms with Crippen LogP contribution in [0, 0.1) is 0 Å². The van der Waals surface area contributed by atoms with Gasteiger partial charge in [-0.25, -0.2) is 8.42 Å². The van der Waals surface area contributed by atoms with Crippen molar-refractivity contribution in [1.29, 1.82) is 0 Å². The fraction of sp³-hybridized carbons (Fsp3) is 0.391. The zero-order valence-corrected chi connectivity index (χ0v) is 18.8. The van der Waals surface area contributed by atoms with Gasteiger partial charge in [0.15, 0.2) is 0 Å². The largest absolute Gasteiger partial charge is 0.339 e. The average molecular weight is 444 g/mol. The molecule has 7 nitrogen and oxygen atoms in total. The number of hydrogen-bond acceptors (Lipinski definition) is 4. The van der Waals surface area contributed by atoms with E-state index in [0.29, 0.717) is 30.0 Å². The lowest BCUT2D eigenvalue weighted by Crippen LogP contribution is -2.38. The molecule has 0 aromatic heterocycles. The van der Waals surface area contributed by atoms with Gasteiger partial charge in [-0.2, -0.15) is 0 Å². The molecular weight excluding hydrogens is 414 g/mol. The molecule has 1 aliphatic rings. The maximum atomic E-state index is 12.9. The fourth-order valence-electron chi connectivity index (χ4n) is 3.66. The minimum absolute atomic E-state index is 0.120. The lowest BCUT2D eigenvalue weighted by Gasteiger charge is -2.27. The molecule has 0 unspecified atom stereocenters. The Morgan fingerprint density at radius 1 is 1.00 bits per heavy atom. The molecule has 1 aliphatic heterocycles. The Labute approximate surface area is 184 Å². The van der Waals surface area contributed by atoms with Crippen molar-refractivity contribution in [3.8, 4) is 0 Å². The van der Waals surface area contributed by atoms with Gasteiger partial charge in [-0.1, -0.05) is 31.2 Å². The van der Waals surface area contributed by atoms with E-state index in [1.807, 2.05) is 19.1 Å². The summed E-state index contributed by atoms with van der Waals surface area (Å²) in [5.74, 6) is -0.630. The number of piperidine rings is 1. The number of anilines is 2. The number of aryl methyl sites for hydroxylation is 1. The summed E-state index contributed by atoms with van der Waals surface area (Å²) in [4.78, 5) is 27.5. The minimum Gasteiger partial charge on any atom is -0.339 e. The summed E-state index contributed by atoms with van der Waals surface area (Å²) in [5, 5.41) is 2.73. The van der Waals surface area contributed by atoms with Crippen molar-refractivity contribution < 1.29 is 18.0 Å². The number of para-hydroxylation sites is 1. The number of benzene rings is 2. The zero-order chi connectivity index (χ0) is 22.4. The molecule has 0 spiro atoms. The van der Waals surface area contributed by atoms with Crippen LogP contribution in [0.3, 0.4) is 0 Å². The number of sulfonamides is 1. The Bertz CT molecular complexity index is 1030. The van der Waals surface area contributed by atoms with Gasteiger partial charge in [0.2, 0.25) is 15.9 Å². The Morgan fingerprint density at radius 2 is 1.65 bits per heavy atom. The lowest BCUT2D eigenvalue weighted by atomic mass is 10.1. The second-order valence-electron chi connectivity index (χ2n) is 7.74. The molecule has 8 heteroatoms. The number of hydrogen-bond donors (Lipinski definition) is 1. The van der Waals surface area contributed by atoms with E-state index in [-0.39, 0.29) is 12.5 Å². The van der Waals surface area contributed by atoms with E-state index < -0.39 is 15.9 Å². The quantitative estimate of drug-likeness (QED) is 0.712. The summed E-state index contributed by atoms with van der Waals surface area (Å²) in [5.41, 5.74) is 2.30. The van der Waals surface area contributed by atoms with Crippen LogP contribution < -0.4 is 9.62 Å². The van der Waals surface area contributed by atoms with Gasteiger partial charge in [0.05, 0.1) is 23.2 Å². The second-order valence-corrected chi connectivity index (χ2v) is 9.64. The average Bonchev–Trinajstić information content (AvgIpc) is 2.77. The molecule has 0 aliphatic carbocycles. The van der Waals surface area contributed by atoms with Crippen molar-refractivity contribution >= 4 is 33.2 Å². The van der Waals surface area contributed by atoms with Crippen molar-refractivity contribution in [2.24, 2.45) is 0 Å². The molecule has 1 saturated heterocycles. The van der Waals surface area contributed by atoms with Gasteiger partial charge in [0, 0.05) is 13.1 Å². The number of carbonyl (C=O) groups excluding carboxylic acids is 2. The van der Waals surface area contributed by atoms with Crippen LogP contribution in [0.2, 0.25) is 0 Å². The molecule has 2 amide bonds. The first-order valence-corrected chi connectivity index (χ1v) is 12.4. The van der Waals surface area contributed by atoms with Crippen LogP contribution >= 0.6 is 0 Å². The monoisotopic (exact) mass is 443 g/mol. The first-order valence-electron chi connectivity index (χ1n) is 10.5. The first-order chi connectivity index (χ1) is 14.8. The van der Waals surface area contributed by atoms with E-state index in [1.54, 1.807) is 41.3 Å². The van der Waals surface area contributed by atoms with Crippen LogP contribution in [0.4, 0.5) is 11.4 Å². The molecule has 0 atom stereocenters. The molecule has 1 N–H and O–H groups in total. The lowest BCUT2D eigenvalue weighted by molar-refractivity contribution is -0.114. The van der Waals surface area contributed by atoms with Crippen molar-refractivity contribution in [3.05, 3.63) is 59.7 Å². The summed E-state index contributed by atoms with van der Waals surface area (Å²) in [6.45, 7) is 3.05. The summed E-state index contributed by atoms with van der Waals surface area (Å²) >= 11 is 0. The summed E-state index contributed by atoms with van der Waals surface area (Å²) in [6.07, 6.45) is 4.97. The Morgan fingerprint density at radius 3 is 2.26 bits per heavy atom. The first kappa shape index (κ1) is 22.8. The van der Waals surface area contributed by atoms with Crippen molar-refractivity contribution in [2.75, 3.05) is 35.5 Å². The number of nitrogens with one attached hydrogen (secondary N) is 1. The SMILES string of the molecule is CCc1ccc(N(CC(=O)Nc2ccccc2C(=O)N2CCCCC2)S(C)(=O)=O)cc1. The number of rotatable bonds is 7. The summed E-state index contributed by atoms with van der Waals surface area (Å²) < 4.78 is 25.7. The second kappa shape index (κ2) is 9.96. The number of amides is 2. The van der Waals surface area contributed by atoms with Crippen LogP contribution in [-0.4, -0.2) is 51.0 Å². The van der Waals surface area contributed by atoms with Gasteiger partial charge in [-0.3, -0.25) is 13.9 Å². The molecule has 0 radical (unpaired) electrons. The Balaban J connectivity index is 1.77. The minimum atomic E-state index is -3.67. The molecule has 2 aromatic carbocycles. The highest BCUT2D eigenvalue weighted by molar-refractivity contribution is 7.92. The van der Waals surface area contributed by atoms with E-state index in [0.717, 1.165) is 41.8 Å². The van der Waals surface area contributed by atoms with Crippen LogP contribution in [0.15, 0.2) is 48.5 Å². The molecule has 0 bridgehead atoms. The predicted octanol–water partition coefficient (Wildman–Crippen LogP) is 3.28. The maximum absolute atomic E-state index is 12.9.